The molecule has 4 aromatic rings. The van der Waals surface area contributed by atoms with Crippen molar-refractivity contribution in [3.8, 4) is 28.0 Å². The van der Waals surface area contributed by atoms with Crippen LogP contribution in [-0.2, 0) is 0 Å². The fourth-order valence-corrected chi connectivity index (χ4v) is 3.73. The number of aryl methyl sites for hydroxylation is 1. The first-order valence-corrected chi connectivity index (χ1v) is 11.4. The van der Waals surface area contributed by atoms with E-state index < -0.39 is 23.3 Å². The van der Waals surface area contributed by atoms with E-state index in [1.54, 1.807) is 54.6 Å². The van der Waals surface area contributed by atoms with Gasteiger partial charge in [0.05, 0.1) is 6.61 Å². The summed E-state index contributed by atoms with van der Waals surface area (Å²) in [5, 5.41) is 0. The highest BCUT2D eigenvalue weighted by Gasteiger charge is 2.16. The standard InChI is InChI=1S/C31H24F4O/c1-3-4-19-36-27-18-17-26(30(34)31(27)35)23-12-7-21(8-13-23)9-14-24-15-16-25(29(33)28(24)32)22-10-5-20(2)6-11-22/h3,5-18H,1,4,19H2,2H3/b14-9+. The Kier molecular flexibility index (Phi) is 7.69. The van der Waals surface area contributed by atoms with Gasteiger partial charge in [-0.05, 0) is 42.2 Å². The van der Waals surface area contributed by atoms with Gasteiger partial charge in [0.25, 0.3) is 0 Å². The molecule has 0 N–H and O–H groups in total. The topological polar surface area (TPSA) is 9.23 Å². The Balaban J connectivity index is 1.52. The second kappa shape index (κ2) is 11.1. The molecule has 0 aliphatic rings. The van der Waals surface area contributed by atoms with Gasteiger partial charge >= 0.3 is 0 Å². The number of hydrogen-bond donors (Lipinski definition) is 0. The lowest BCUT2D eigenvalue weighted by Crippen LogP contribution is -2.00. The molecular formula is C31H24F4O. The summed E-state index contributed by atoms with van der Waals surface area (Å²) in [5.41, 5.74) is 3.19. The zero-order valence-corrected chi connectivity index (χ0v) is 19.7. The molecule has 0 aliphatic heterocycles. The van der Waals surface area contributed by atoms with E-state index in [0.29, 0.717) is 23.1 Å². The van der Waals surface area contributed by atoms with Gasteiger partial charge in [0.2, 0.25) is 5.82 Å². The van der Waals surface area contributed by atoms with E-state index in [1.165, 1.54) is 24.3 Å². The highest BCUT2D eigenvalue weighted by Crippen LogP contribution is 2.31. The van der Waals surface area contributed by atoms with Crippen LogP contribution in [0.2, 0.25) is 0 Å². The van der Waals surface area contributed by atoms with Gasteiger partial charge in [-0.25, -0.2) is 13.2 Å². The monoisotopic (exact) mass is 488 g/mol. The highest BCUT2D eigenvalue weighted by atomic mass is 19.2. The summed E-state index contributed by atoms with van der Waals surface area (Å²) in [6.07, 6.45) is 5.25. The molecule has 4 aromatic carbocycles. The zero-order chi connectivity index (χ0) is 25.7. The molecule has 0 unspecified atom stereocenters. The van der Waals surface area contributed by atoms with Crippen molar-refractivity contribution in [2.75, 3.05) is 6.61 Å². The van der Waals surface area contributed by atoms with E-state index >= 15 is 0 Å². The Labute approximate surface area is 208 Å². The molecule has 0 aliphatic carbocycles. The van der Waals surface area contributed by atoms with Crippen molar-refractivity contribution >= 4 is 12.2 Å². The molecule has 0 saturated carbocycles. The van der Waals surface area contributed by atoms with Crippen LogP contribution in [0, 0.1) is 30.2 Å². The Morgan fingerprint density at radius 3 is 1.89 bits per heavy atom. The van der Waals surface area contributed by atoms with Crippen LogP contribution >= 0.6 is 0 Å². The van der Waals surface area contributed by atoms with E-state index in [2.05, 4.69) is 6.58 Å². The maximum absolute atomic E-state index is 14.7. The second-order valence-electron chi connectivity index (χ2n) is 8.32. The van der Waals surface area contributed by atoms with Crippen molar-refractivity contribution in [1.82, 2.24) is 0 Å². The van der Waals surface area contributed by atoms with Crippen LogP contribution in [0.15, 0.2) is 85.5 Å². The van der Waals surface area contributed by atoms with Gasteiger partial charge in [0, 0.05) is 16.7 Å². The quantitative estimate of drug-likeness (QED) is 0.104. The summed E-state index contributed by atoms with van der Waals surface area (Å²) in [5.74, 6) is -4.05. The largest absolute Gasteiger partial charge is 0.490 e. The zero-order valence-electron chi connectivity index (χ0n) is 19.7. The van der Waals surface area contributed by atoms with Crippen molar-refractivity contribution in [2.24, 2.45) is 0 Å². The number of halogens is 4. The molecule has 5 heteroatoms. The van der Waals surface area contributed by atoms with Crippen molar-refractivity contribution in [2.45, 2.75) is 13.3 Å². The molecule has 0 spiro atoms. The van der Waals surface area contributed by atoms with Crippen LogP contribution in [0.25, 0.3) is 34.4 Å². The van der Waals surface area contributed by atoms with Gasteiger partial charge in [0.15, 0.2) is 23.2 Å². The van der Waals surface area contributed by atoms with Crippen LogP contribution in [-0.4, -0.2) is 6.61 Å². The maximum atomic E-state index is 14.7. The van der Waals surface area contributed by atoms with Gasteiger partial charge in [-0.2, -0.15) is 4.39 Å². The number of hydrogen-bond acceptors (Lipinski definition) is 1. The minimum absolute atomic E-state index is 0.0962. The Hall–Kier alpha value is -4.12. The average molecular weight is 489 g/mol. The van der Waals surface area contributed by atoms with Crippen molar-refractivity contribution in [3.05, 3.63) is 125 Å². The SMILES string of the molecule is C=CCCOc1ccc(-c2ccc(/C=C/c3ccc(-c4ccc(C)cc4)c(F)c3F)cc2)c(F)c1F. The van der Waals surface area contributed by atoms with Gasteiger partial charge in [-0.3, -0.25) is 0 Å². The second-order valence-corrected chi connectivity index (χ2v) is 8.32. The predicted molar refractivity (Wildman–Crippen MR) is 138 cm³/mol. The van der Waals surface area contributed by atoms with E-state index in [1.807, 2.05) is 19.1 Å². The first kappa shape index (κ1) is 25.0. The van der Waals surface area contributed by atoms with E-state index in [-0.39, 0.29) is 29.0 Å². The smallest absolute Gasteiger partial charge is 0.201 e. The molecule has 4 rings (SSSR count). The lowest BCUT2D eigenvalue weighted by molar-refractivity contribution is 0.302. The fourth-order valence-electron chi connectivity index (χ4n) is 3.73. The van der Waals surface area contributed by atoms with Crippen LogP contribution in [0.3, 0.4) is 0 Å². The van der Waals surface area contributed by atoms with Gasteiger partial charge in [-0.1, -0.05) is 84.5 Å². The summed E-state index contributed by atoms with van der Waals surface area (Å²) in [6, 6.07) is 19.8. The summed E-state index contributed by atoms with van der Waals surface area (Å²) in [7, 11) is 0. The van der Waals surface area contributed by atoms with Crippen molar-refractivity contribution < 1.29 is 22.3 Å². The van der Waals surface area contributed by atoms with Crippen LogP contribution in [0.5, 0.6) is 5.75 Å². The molecule has 0 fully saturated rings. The fraction of sp³-hybridized carbons (Fsp3) is 0.0968. The molecule has 0 saturated heterocycles. The molecule has 0 aromatic heterocycles. The Bertz CT molecular complexity index is 1400. The van der Waals surface area contributed by atoms with Crippen LogP contribution < -0.4 is 4.74 Å². The summed E-state index contributed by atoms with van der Waals surface area (Å²) in [6.45, 7) is 5.69. The Morgan fingerprint density at radius 1 is 0.667 bits per heavy atom. The highest BCUT2D eigenvalue weighted by molar-refractivity contribution is 5.74. The third kappa shape index (κ3) is 5.41. The molecule has 182 valence electrons. The van der Waals surface area contributed by atoms with Crippen LogP contribution in [0.4, 0.5) is 17.6 Å². The minimum Gasteiger partial charge on any atom is -0.490 e. The van der Waals surface area contributed by atoms with Gasteiger partial charge in [0.1, 0.15) is 0 Å². The predicted octanol–water partition coefficient (Wildman–Crippen LogP) is 9.01. The molecule has 36 heavy (non-hydrogen) atoms. The molecule has 0 bridgehead atoms. The number of ether oxygens (including phenoxy) is 1. The van der Waals surface area contributed by atoms with E-state index in [4.69, 9.17) is 4.74 Å². The summed E-state index contributed by atoms with van der Waals surface area (Å²) < 4.78 is 63.7. The minimum atomic E-state index is -1.05. The molecule has 1 nitrogen and oxygen atoms in total. The summed E-state index contributed by atoms with van der Waals surface area (Å²) >= 11 is 0. The van der Waals surface area contributed by atoms with E-state index in [0.717, 1.165) is 5.56 Å². The lowest BCUT2D eigenvalue weighted by Gasteiger charge is -2.10. The van der Waals surface area contributed by atoms with Crippen molar-refractivity contribution in [1.29, 1.82) is 0 Å². The molecular weight excluding hydrogens is 464 g/mol. The first-order valence-electron chi connectivity index (χ1n) is 11.4. The molecule has 0 radical (unpaired) electrons. The van der Waals surface area contributed by atoms with Gasteiger partial charge < -0.3 is 4.74 Å². The number of benzene rings is 4. The molecule has 0 heterocycles. The molecule has 0 amide bonds. The Morgan fingerprint density at radius 2 is 1.25 bits per heavy atom. The summed E-state index contributed by atoms with van der Waals surface area (Å²) in [4.78, 5) is 0. The first-order chi connectivity index (χ1) is 17.4. The maximum Gasteiger partial charge on any atom is 0.201 e. The van der Waals surface area contributed by atoms with E-state index in [9.17, 15) is 17.6 Å². The third-order valence-electron chi connectivity index (χ3n) is 5.78. The normalized spacial score (nSPS) is 11.1. The van der Waals surface area contributed by atoms with Crippen molar-refractivity contribution in [3.63, 3.8) is 0 Å². The average Bonchev–Trinajstić information content (AvgIpc) is 2.89. The lowest BCUT2D eigenvalue weighted by atomic mass is 10.0. The molecule has 0 atom stereocenters. The third-order valence-corrected chi connectivity index (χ3v) is 5.78. The number of rotatable bonds is 8. The van der Waals surface area contributed by atoms with Gasteiger partial charge in [-0.15, -0.1) is 6.58 Å². The van der Waals surface area contributed by atoms with Crippen LogP contribution in [0.1, 0.15) is 23.1 Å².